The van der Waals surface area contributed by atoms with Crippen molar-refractivity contribution in [3.05, 3.63) is 32.4 Å². The number of nitrogens with zero attached hydrogens (tertiary/aromatic N) is 1. The number of hydrogen-bond donors (Lipinski definition) is 3. The number of ether oxygens (including phenoxy) is 2. The van der Waals surface area contributed by atoms with Gasteiger partial charge in [0.1, 0.15) is 11.9 Å². The molecule has 0 bridgehead atoms. The third-order valence-electron chi connectivity index (χ3n) is 3.91. The second-order valence-corrected chi connectivity index (χ2v) is 7.84. The van der Waals surface area contributed by atoms with Gasteiger partial charge in [0.15, 0.2) is 17.9 Å². The van der Waals surface area contributed by atoms with Gasteiger partial charge in [0.25, 0.3) is 5.91 Å². The van der Waals surface area contributed by atoms with Crippen LogP contribution in [0.2, 0.25) is 0 Å². The number of carbonyl (C=O) groups excluding carboxylic acids is 1. The number of rotatable bonds is 3. The zero-order chi connectivity index (χ0) is 18.3. The van der Waals surface area contributed by atoms with Gasteiger partial charge in [0.05, 0.1) is 21.4 Å². The average Bonchev–Trinajstić information content (AvgIpc) is 2.98. The monoisotopic (exact) mass is 492 g/mol. The van der Waals surface area contributed by atoms with Crippen LogP contribution in [0.4, 0.5) is 0 Å². The van der Waals surface area contributed by atoms with E-state index >= 15 is 0 Å². The molecule has 2 fully saturated rings. The van der Waals surface area contributed by atoms with E-state index in [1.807, 2.05) is 12.1 Å². The lowest BCUT2D eigenvalue weighted by Crippen LogP contribution is -2.49. The Labute approximate surface area is 166 Å². The van der Waals surface area contributed by atoms with Crippen LogP contribution in [0.15, 0.2) is 26.8 Å². The summed E-state index contributed by atoms with van der Waals surface area (Å²) in [6.07, 6.45) is 1.05. The van der Waals surface area contributed by atoms with E-state index in [2.05, 4.69) is 37.2 Å². The molecule has 0 aliphatic carbocycles. The SMILES string of the molecule is COc1c(Br)cc(/C=C2\OC3C(Cl)CC(NC(=N)N)N3C2=O)cc1Br. The van der Waals surface area contributed by atoms with Crippen molar-refractivity contribution >= 4 is 61.4 Å². The molecule has 1 amide bonds. The lowest BCUT2D eigenvalue weighted by atomic mass is 10.2. The van der Waals surface area contributed by atoms with Crippen molar-refractivity contribution < 1.29 is 14.3 Å². The van der Waals surface area contributed by atoms with Crippen LogP contribution in [0.25, 0.3) is 6.08 Å². The highest BCUT2D eigenvalue weighted by atomic mass is 79.9. The van der Waals surface area contributed by atoms with Crippen LogP contribution in [0.5, 0.6) is 5.75 Å². The first kappa shape index (κ1) is 18.3. The number of nitrogens with one attached hydrogen (secondary N) is 2. The Balaban J connectivity index is 1.89. The second kappa shape index (κ2) is 7.05. The molecule has 0 aromatic heterocycles. The van der Waals surface area contributed by atoms with Gasteiger partial charge in [-0.3, -0.25) is 15.1 Å². The summed E-state index contributed by atoms with van der Waals surface area (Å²) < 4.78 is 12.5. The number of alkyl halides is 1. The quantitative estimate of drug-likeness (QED) is 0.260. The maximum absolute atomic E-state index is 12.7. The fourth-order valence-electron chi connectivity index (χ4n) is 2.90. The Bertz CT molecular complexity index is 750. The molecule has 7 nitrogen and oxygen atoms in total. The first-order valence-electron chi connectivity index (χ1n) is 7.30. The molecule has 3 rings (SSSR count). The Morgan fingerprint density at radius 1 is 1.52 bits per heavy atom. The lowest BCUT2D eigenvalue weighted by Gasteiger charge is -2.22. The summed E-state index contributed by atoms with van der Waals surface area (Å²) >= 11 is 13.1. The van der Waals surface area contributed by atoms with E-state index < -0.39 is 12.4 Å². The predicted molar refractivity (Wildman–Crippen MR) is 101 cm³/mol. The highest BCUT2D eigenvalue weighted by Gasteiger charge is 2.51. The van der Waals surface area contributed by atoms with Crippen molar-refractivity contribution in [3.63, 3.8) is 0 Å². The van der Waals surface area contributed by atoms with Crippen LogP contribution in [0, 0.1) is 5.41 Å². The van der Waals surface area contributed by atoms with Crippen molar-refractivity contribution in [2.24, 2.45) is 5.73 Å². The Morgan fingerprint density at radius 2 is 2.16 bits per heavy atom. The number of amides is 1. The predicted octanol–water partition coefficient (Wildman–Crippen LogP) is 2.57. The molecule has 134 valence electrons. The minimum absolute atomic E-state index is 0.190. The molecule has 2 aliphatic heterocycles. The number of nitrogens with two attached hydrogens (primary N) is 1. The van der Waals surface area contributed by atoms with Crippen LogP contribution in [-0.4, -0.2) is 41.6 Å². The Morgan fingerprint density at radius 3 is 2.72 bits per heavy atom. The first-order chi connectivity index (χ1) is 11.8. The van der Waals surface area contributed by atoms with E-state index in [4.69, 9.17) is 32.2 Å². The Kier molecular flexibility index (Phi) is 5.17. The molecule has 1 aromatic rings. The number of carbonyl (C=O) groups is 1. The summed E-state index contributed by atoms with van der Waals surface area (Å²) in [6, 6.07) is 3.64. The van der Waals surface area contributed by atoms with Crippen LogP contribution >= 0.6 is 43.5 Å². The van der Waals surface area contributed by atoms with E-state index in [0.29, 0.717) is 12.2 Å². The number of hydrogen-bond acceptors (Lipinski definition) is 4. The van der Waals surface area contributed by atoms with Crippen molar-refractivity contribution in [2.45, 2.75) is 24.2 Å². The first-order valence-corrected chi connectivity index (χ1v) is 9.32. The summed E-state index contributed by atoms with van der Waals surface area (Å²) in [4.78, 5) is 14.2. The van der Waals surface area contributed by atoms with Gasteiger partial charge in [-0.2, -0.15) is 0 Å². The third kappa shape index (κ3) is 3.45. The van der Waals surface area contributed by atoms with Gasteiger partial charge in [-0.25, -0.2) is 0 Å². The average molecular weight is 495 g/mol. The molecule has 0 radical (unpaired) electrons. The van der Waals surface area contributed by atoms with Crippen molar-refractivity contribution in [3.8, 4) is 5.75 Å². The van der Waals surface area contributed by atoms with E-state index in [0.717, 1.165) is 14.5 Å². The van der Waals surface area contributed by atoms with Crippen molar-refractivity contribution in [1.82, 2.24) is 10.2 Å². The lowest BCUT2D eigenvalue weighted by molar-refractivity contribution is -0.127. The third-order valence-corrected chi connectivity index (χ3v) is 5.48. The zero-order valence-electron chi connectivity index (χ0n) is 13.1. The van der Waals surface area contributed by atoms with Crippen LogP contribution in [-0.2, 0) is 9.53 Å². The molecule has 4 N–H and O–H groups in total. The van der Waals surface area contributed by atoms with Crippen LogP contribution < -0.4 is 15.8 Å². The van der Waals surface area contributed by atoms with Crippen molar-refractivity contribution in [1.29, 1.82) is 5.41 Å². The van der Waals surface area contributed by atoms with E-state index in [1.165, 1.54) is 4.90 Å². The summed E-state index contributed by atoms with van der Waals surface area (Å²) in [6.45, 7) is 0. The van der Waals surface area contributed by atoms with Gasteiger partial charge in [-0.1, -0.05) is 0 Å². The Hall–Kier alpha value is -1.45. The number of benzene rings is 1. The summed E-state index contributed by atoms with van der Waals surface area (Å²) in [5.74, 6) is 0.334. The number of methoxy groups -OCH3 is 1. The fraction of sp³-hybridized carbons (Fsp3) is 0.333. The van der Waals surface area contributed by atoms with E-state index in [9.17, 15) is 4.79 Å². The van der Waals surface area contributed by atoms with Gasteiger partial charge < -0.3 is 20.5 Å². The van der Waals surface area contributed by atoms with Gasteiger partial charge in [-0.05, 0) is 55.6 Å². The van der Waals surface area contributed by atoms with Gasteiger partial charge in [0.2, 0.25) is 0 Å². The molecule has 2 saturated heterocycles. The number of fused-ring (bicyclic) bond motifs is 1. The summed E-state index contributed by atoms with van der Waals surface area (Å²) in [5, 5.41) is 9.71. The van der Waals surface area contributed by atoms with E-state index in [-0.39, 0.29) is 23.0 Å². The molecular weight excluding hydrogens is 479 g/mol. The van der Waals surface area contributed by atoms with Crippen LogP contribution in [0.1, 0.15) is 12.0 Å². The summed E-state index contributed by atoms with van der Waals surface area (Å²) in [5.41, 5.74) is 6.13. The largest absolute Gasteiger partial charge is 0.494 e. The molecule has 25 heavy (non-hydrogen) atoms. The molecule has 1 aromatic carbocycles. The maximum Gasteiger partial charge on any atom is 0.293 e. The maximum atomic E-state index is 12.7. The molecule has 2 heterocycles. The summed E-state index contributed by atoms with van der Waals surface area (Å²) in [7, 11) is 1.57. The minimum Gasteiger partial charge on any atom is -0.494 e. The zero-order valence-corrected chi connectivity index (χ0v) is 17.0. The topological polar surface area (TPSA) is 101 Å². The molecule has 3 unspecified atom stereocenters. The van der Waals surface area contributed by atoms with Gasteiger partial charge in [-0.15, -0.1) is 11.6 Å². The minimum atomic E-state index is -0.581. The van der Waals surface area contributed by atoms with Crippen molar-refractivity contribution in [2.75, 3.05) is 7.11 Å². The fourth-order valence-corrected chi connectivity index (χ4v) is 4.79. The molecule has 3 atom stereocenters. The normalized spacial score (nSPS) is 26.6. The molecular formula is C15H15Br2ClN4O3. The van der Waals surface area contributed by atoms with Crippen LogP contribution in [0.3, 0.4) is 0 Å². The van der Waals surface area contributed by atoms with Gasteiger partial charge in [0, 0.05) is 6.42 Å². The smallest absolute Gasteiger partial charge is 0.293 e. The molecule has 10 heteroatoms. The number of guanidine groups is 1. The highest BCUT2D eigenvalue weighted by Crippen LogP contribution is 2.38. The highest BCUT2D eigenvalue weighted by molar-refractivity contribution is 9.11. The second-order valence-electron chi connectivity index (χ2n) is 5.57. The van der Waals surface area contributed by atoms with Gasteiger partial charge >= 0.3 is 0 Å². The van der Waals surface area contributed by atoms with E-state index in [1.54, 1.807) is 13.2 Å². The molecule has 2 aliphatic rings. The molecule has 0 spiro atoms. The number of halogens is 3. The standard InChI is InChI=1S/C15H15Br2ClN4O3/c1-24-12-7(16)2-6(3-8(12)17)4-10-13(23)22-11(21-15(19)20)5-9(18)14(22)25-10/h2-4,9,11,14H,5H2,1H3,(H4,19,20,21)/b10-4-. The molecule has 0 saturated carbocycles.